The van der Waals surface area contributed by atoms with Crippen LogP contribution in [-0.4, -0.2) is 20.4 Å². The topological polar surface area (TPSA) is 55.2 Å². The number of carbonyl (C=O) groups excluding carboxylic acids is 1. The molecule has 0 aliphatic carbocycles. The number of carbonyl (C=O) groups is 1. The molecule has 0 fully saturated rings. The standard InChI is InChI=1S/C34H41N3O2/c1-5-9-17-27(7-3)33(38)36(24-26-15-11-10-12-16-26)31(8-4)32-35-30-19-14-13-18-29(30)34(39)37(32)28-22-20-25(6-2)21-23-28/h10-16,18-23,27,31H,5-9,17,24H2,1-4H3. The molecule has 0 radical (unpaired) electrons. The molecule has 1 aromatic heterocycles. The van der Waals surface area contributed by atoms with Gasteiger partial charge in [0, 0.05) is 12.5 Å². The van der Waals surface area contributed by atoms with Crippen molar-refractivity contribution in [3.63, 3.8) is 0 Å². The van der Waals surface area contributed by atoms with Gasteiger partial charge in [0.25, 0.3) is 5.56 Å². The van der Waals surface area contributed by atoms with Gasteiger partial charge in [-0.1, -0.05) is 95.1 Å². The molecule has 4 rings (SSSR count). The number of nitrogens with zero attached hydrogens (tertiary/aromatic N) is 3. The zero-order valence-corrected chi connectivity index (χ0v) is 23.8. The molecule has 204 valence electrons. The molecular weight excluding hydrogens is 482 g/mol. The second-order valence-electron chi connectivity index (χ2n) is 10.3. The van der Waals surface area contributed by atoms with Crippen LogP contribution in [0, 0.1) is 5.92 Å². The number of fused-ring (bicyclic) bond motifs is 1. The first-order valence-electron chi connectivity index (χ1n) is 14.5. The first-order chi connectivity index (χ1) is 19.0. The van der Waals surface area contributed by atoms with Crippen LogP contribution in [0.1, 0.15) is 82.8 Å². The van der Waals surface area contributed by atoms with Gasteiger partial charge in [-0.15, -0.1) is 0 Å². The lowest BCUT2D eigenvalue weighted by Crippen LogP contribution is -2.41. The highest BCUT2D eigenvalue weighted by molar-refractivity contribution is 5.80. The van der Waals surface area contributed by atoms with Gasteiger partial charge < -0.3 is 4.90 Å². The van der Waals surface area contributed by atoms with Crippen LogP contribution in [0.4, 0.5) is 0 Å². The van der Waals surface area contributed by atoms with Gasteiger partial charge in [0.2, 0.25) is 5.91 Å². The fraction of sp³-hybridized carbons (Fsp3) is 0.382. The van der Waals surface area contributed by atoms with E-state index in [1.165, 1.54) is 5.56 Å². The van der Waals surface area contributed by atoms with E-state index in [2.05, 4.69) is 52.0 Å². The van der Waals surface area contributed by atoms with E-state index < -0.39 is 0 Å². The minimum Gasteiger partial charge on any atom is -0.328 e. The molecule has 0 aliphatic heterocycles. The number of hydrogen-bond acceptors (Lipinski definition) is 3. The highest BCUT2D eigenvalue weighted by Crippen LogP contribution is 2.30. The summed E-state index contributed by atoms with van der Waals surface area (Å²) in [5, 5.41) is 0.575. The van der Waals surface area contributed by atoms with Crippen molar-refractivity contribution >= 4 is 16.8 Å². The van der Waals surface area contributed by atoms with Gasteiger partial charge >= 0.3 is 0 Å². The Kier molecular flexibility index (Phi) is 9.69. The maximum absolute atomic E-state index is 14.2. The average molecular weight is 524 g/mol. The van der Waals surface area contributed by atoms with E-state index in [0.29, 0.717) is 29.7 Å². The van der Waals surface area contributed by atoms with Crippen LogP contribution in [0.5, 0.6) is 0 Å². The van der Waals surface area contributed by atoms with Gasteiger partial charge in [-0.3, -0.25) is 14.2 Å². The van der Waals surface area contributed by atoms with Gasteiger partial charge in [-0.2, -0.15) is 0 Å². The Hall–Kier alpha value is -3.73. The first kappa shape index (κ1) is 28.3. The molecular formula is C34H41N3O2. The van der Waals surface area contributed by atoms with E-state index in [9.17, 15) is 9.59 Å². The number of amides is 1. The number of aryl methyl sites for hydroxylation is 1. The number of unbranched alkanes of at least 4 members (excludes halogenated alkanes) is 1. The molecule has 2 atom stereocenters. The van der Waals surface area contributed by atoms with Gasteiger partial charge in [0.05, 0.1) is 22.6 Å². The van der Waals surface area contributed by atoms with Crippen molar-refractivity contribution in [3.05, 3.63) is 106 Å². The Morgan fingerprint density at radius 2 is 1.54 bits per heavy atom. The zero-order chi connectivity index (χ0) is 27.8. The summed E-state index contributed by atoms with van der Waals surface area (Å²) >= 11 is 0. The lowest BCUT2D eigenvalue weighted by molar-refractivity contribution is -0.139. The fourth-order valence-corrected chi connectivity index (χ4v) is 5.36. The Labute approximate surface area is 232 Å². The summed E-state index contributed by atoms with van der Waals surface area (Å²) in [6.07, 6.45) is 5.29. The van der Waals surface area contributed by atoms with E-state index in [-0.39, 0.29) is 23.4 Å². The molecule has 5 heteroatoms. The maximum Gasteiger partial charge on any atom is 0.266 e. The fourth-order valence-electron chi connectivity index (χ4n) is 5.36. The molecule has 39 heavy (non-hydrogen) atoms. The summed E-state index contributed by atoms with van der Waals surface area (Å²) in [4.78, 5) is 35.3. The third kappa shape index (κ3) is 6.30. The predicted octanol–water partition coefficient (Wildman–Crippen LogP) is 7.64. The van der Waals surface area contributed by atoms with E-state index in [1.54, 1.807) is 4.57 Å². The number of aromatic nitrogens is 2. The molecule has 0 bridgehead atoms. The van der Waals surface area contributed by atoms with Gasteiger partial charge in [-0.05, 0) is 61.1 Å². The third-order valence-corrected chi connectivity index (χ3v) is 7.69. The normalized spacial score (nSPS) is 12.8. The summed E-state index contributed by atoms with van der Waals surface area (Å²) in [6.45, 7) is 8.93. The number of benzene rings is 3. The molecule has 1 heterocycles. The quantitative estimate of drug-likeness (QED) is 0.192. The van der Waals surface area contributed by atoms with Crippen LogP contribution < -0.4 is 5.56 Å². The van der Waals surface area contributed by atoms with Crippen molar-refractivity contribution in [1.82, 2.24) is 14.5 Å². The van der Waals surface area contributed by atoms with E-state index in [0.717, 1.165) is 43.4 Å². The second-order valence-corrected chi connectivity index (χ2v) is 10.3. The Balaban J connectivity index is 1.92. The monoisotopic (exact) mass is 523 g/mol. The average Bonchev–Trinajstić information content (AvgIpc) is 2.98. The summed E-state index contributed by atoms with van der Waals surface area (Å²) in [5.74, 6) is 0.684. The molecule has 0 spiro atoms. The van der Waals surface area contributed by atoms with Gasteiger partial charge in [0.1, 0.15) is 5.82 Å². The molecule has 1 amide bonds. The highest BCUT2D eigenvalue weighted by atomic mass is 16.2. The van der Waals surface area contributed by atoms with Crippen LogP contribution in [0.2, 0.25) is 0 Å². The molecule has 3 aromatic carbocycles. The van der Waals surface area contributed by atoms with Crippen molar-refractivity contribution in [2.45, 2.75) is 78.8 Å². The molecule has 2 unspecified atom stereocenters. The van der Waals surface area contributed by atoms with Crippen LogP contribution in [0.15, 0.2) is 83.7 Å². The summed E-state index contributed by atoms with van der Waals surface area (Å²) in [7, 11) is 0. The Bertz CT molecular complexity index is 1430. The van der Waals surface area contributed by atoms with Crippen molar-refractivity contribution in [2.24, 2.45) is 5.92 Å². The summed E-state index contributed by atoms with van der Waals surface area (Å²) in [5.41, 5.74) is 3.59. The van der Waals surface area contributed by atoms with Gasteiger partial charge in [0.15, 0.2) is 0 Å². The first-order valence-corrected chi connectivity index (χ1v) is 14.5. The third-order valence-electron chi connectivity index (χ3n) is 7.69. The van der Waals surface area contributed by atoms with E-state index >= 15 is 0 Å². The Morgan fingerprint density at radius 1 is 0.846 bits per heavy atom. The second kappa shape index (κ2) is 13.4. The number of rotatable bonds is 12. The SMILES string of the molecule is CCCCC(CC)C(=O)N(Cc1ccccc1)C(CC)c1nc2ccccc2c(=O)n1-c1ccc(CC)cc1. The molecule has 5 nitrogen and oxygen atoms in total. The Morgan fingerprint density at radius 3 is 2.18 bits per heavy atom. The molecule has 4 aromatic rings. The smallest absolute Gasteiger partial charge is 0.266 e. The van der Waals surface area contributed by atoms with Crippen molar-refractivity contribution < 1.29 is 4.79 Å². The number of hydrogen-bond donors (Lipinski definition) is 0. The summed E-state index contributed by atoms with van der Waals surface area (Å²) < 4.78 is 1.73. The molecule has 0 N–H and O–H groups in total. The van der Waals surface area contributed by atoms with Crippen molar-refractivity contribution in [1.29, 1.82) is 0 Å². The van der Waals surface area contributed by atoms with E-state index in [4.69, 9.17) is 4.98 Å². The molecule has 0 saturated heterocycles. The van der Waals surface area contributed by atoms with E-state index in [1.807, 2.05) is 59.5 Å². The largest absolute Gasteiger partial charge is 0.328 e. The van der Waals surface area contributed by atoms with Crippen LogP contribution in [0.3, 0.4) is 0 Å². The number of para-hydroxylation sites is 1. The zero-order valence-electron chi connectivity index (χ0n) is 23.8. The predicted molar refractivity (Wildman–Crippen MR) is 160 cm³/mol. The maximum atomic E-state index is 14.2. The molecule has 0 saturated carbocycles. The lowest BCUT2D eigenvalue weighted by atomic mass is 9.96. The van der Waals surface area contributed by atoms with Gasteiger partial charge in [-0.25, -0.2) is 4.98 Å². The summed E-state index contributed by atoms with van der Waals surface area (Å²) in [6, 6.07) is 25.4. The minimum atomic E-state index is -0.364. The van der Waals surface area contributed by atoms with Crippen LogP contribution >= 0.6 is 0 Å². The lowest BCUT2D eigenvalue weighted by Gasteiger charge is -2.35. The highest BCUT2D eigenvalue weighted by Gasteiger charge is 2.32. The van der Waals surface area contributed by atoms with Crippen LogP contribution in [-0.2, 0) is 17.8 Å². The molecule has 0 aliphatic rings. The minimum absolute atomic E-state index is 0.0628. The van der Waals surface area contributed by atoms with Crippen molar-refractivity contribution in [2.75, 3.05) is 0 Å². The van der Waals surface area contributed by atoms with Crippen molar-refractivity contribution in [3.8, 4) is 5.69 Å². The van der Waals surface area contributed by atoms with Crippen LogP contribution in [0.25, 0.3) is 16.6 Å².